The quantitative estimate of drug-likeness (QED) is 0.138. The average Bonchev–Trinajstić information content (AvgIpc) is 2.70. The van der Waals surface area contributed by atoms with Gasteiger partial charge >= 0.3 is 0 Å². The van der Waals surface area contributed by atoms with Gasteiger partial charge in [-0.1, -0.05) is 64.8 Å². The van der Waals surface area contributed by atoms with Gasteiger partial charge in [0.25, 0.3) is 0 Å². The number of allylic oxidation sites excluding steroid dienone is 10. The fourth-order valence-electron chi connectivity index (χ4n) is 3.51. The zero-order valence-corrected chi connectivity index (χ0v) is 22.1. The van der Waals surface area contributed by atoms with Gasteiger partial charge in [-0.15, -0.1) is 0 Å². The van der Waals surface area contributed by atoms with Gasteiger partial charge in [0.15, 0.2) is 0 Å². The zero-order chi connectivity index (χ0) is 24.4. The highest BCUT2D eigenvalue weighted by Gasteiger charge is 2.12. The summed E-state index contributed by atoms with van der Waals surface area (Å²) in [5.74, 6) is 0. The van der Waals surface area contributed by atoms with Crippen molar-refractivity contribution in [1.29, 1.82) is 0 Å². The lowest BCUT2D eigenvalue weighted by atomic mass is 9.99. The van der Waals surface area contributed by atoms with Crippen LogP contribution in [0.5, 0.6) is 0 Å². The Labute approximate surface area is 199 Å². The lowest BCUT2D eigenvalue weighted by Crippen LogP contribution is -2.13. The Morgan fingerprint density at radius 3 is 1.41 bits per heavy atom. The molecule has 182 valence electrons. The maximum atomic E-state index is 9.33. The first-order valence-corrected chi connectivity index (χ1v) is 12.4. The van der Waals surface area contributed by atoms with Crippen molar-refractivity contribution in [2.24, 2.45) is 0 Å². The molecule has 32 heavy (non-hydrogen) atoms. The second-order valence-electron chi connectivity index (χ2n) is 9.70. The van der Waals surface area contributed by atoms with E-state index in [0.29, 0.717) is 0 Å². The largest absolute Gasteiger partial charge is 0.251 e. The van der Waals surface area contributed by atoms with Crippen LogP contribution in [-0.2, 0) is 4.89 Å². The predicted molar refractivity (Wildman–Crippen MR) is 143 cm³/mol. The van der Waals surface area contributed by atoms with Crippen molar-refractivity contribution >= 4 is 0 Å². The SMILES string of the molecule is C=C(CC/C=C(\C)CCC=C(C)C)C(CC/C=C(\C)CC/C=C(\C)CCC=C(C)C)OO. The molecule has 2 heteroatoms. The minimum atomic E-state index is -0.282. The lowest BCUT2D eigenvalue weighted by molar-refractivity contribution is -0.269. The van der Waals surface area contributed by atoms with E-state index in [4.69, 9.17) is 4.89 Å². The third-order valence-electron chi connectivity index (χ3n) is 5.68. The van der Waals surface area contributed by atoms with E-state index in [0.717, 1.165) is 69.8 Å². The van der Waals surface area contributed by atoms with Gasteiger partial charge in [0.1, 0.15) is 6.10 Å². The smallest absolute Gasteiger partial charge is 0.114 e. The van der Waals surface area contributed by atoms with Crippen molar-refractivity contribution in [3.05, 3.63) is 70.4 Å². The summed E-state index contributed by atoms with van der Waals surface area (Å²) in [7, 11) is 0. The van der Waals surface area contributed by atoms with Crippen LogP contribution in [0.15, 0.2) is 70.4 Å². The maximum absolute atomic E-state index is 9.33. The minimum Gasteiger partial charge on any atom is -0.251 e. The van der Waals surface area contributed by atoms with Crippen LogP contribution in [-0.4, -0.2) is 11.4 Å². The topological polar surface area (TPSA) is 29.5 Å². The molecule has 0 aromatic heterocycles. The molecule has 0 saturated heterocycles. The van der Waals surface area contributed by atoms with E-state index in [1.54, 1.807) is 0 Å². The summed E-state index contributed by atoms with van der Waals surface area (Å²) in [4.78, 5) is 4.74. The number of hydrogen-bond donors (Lipinski definition) is 1. The lowest BCUT2D eigenvalue weighted by Gasteiger charge is -2.15. The predicted octanol–water partition coefficient (Wildman–Crippen LogP) is 10.1. The van der Waals surface area contributed by atoms with Crippen molar-refractivity contribution in [2.75, 3.05) is 0 Å². The van der Waals surface area contributed by atoms with Crippen LogP contribution in [0.2, 0.25) is 0 Å². The summed E-state index contributed by atoms with van der Waals surface area (Å²) < 4.78 is 0. The molecule has 1 N–H and O–H groups in total. The van der Waals surface area contributed by atoms with Crippen LogP contribution >= 0.6 is 0 Å². The maximum Gasteiger partial charge on any atom is 0.114 e. The molecule has 0 fully saturated rings. The summed E-state index contributed by atoms with van der Waals surface area (Å²) in [5.41, 5.74) is 8.03. The van der Waals surface area contributed by atoms with Gasteiger partial charge < -0.3 is 0 Å². The fraction of sp³-hybridized carbons (Fsp3) is 0.600. The Balaban J connectivity index is 4.27. The second kappa shape index (κ2) is 18.9. The number of hydrogen-bond acceptors (Lipinski definition) is 2. The second-order valence-corrected chi connectivity index (χ2v) is 9.70. The first-order valence-electron chi connectivity index (χ1n) is 12.4. The normalized spacial score (nSPS) is 13.7. The van der Waals surface area contributed by atoms with Crippen LogP contribution in [0.4, 0.5) is 0 Å². The molecule has 0 radical (unpaired) electrons. The van der Waals surface area contributed by atoms with Crippen LogP contribution in [0.1, 0.15) is 113 Å². The molecule has 0 aliphatic heterocycles. The van der Waals surface area contributed by atoms with E-state index in [1.165, 1.54) is 27.9 Å². The molecule has 2 nitrogen and oxygen atoms in total. The van der Waals surface area contributed by atoms with Crippen LogP contribution < -0.4 is 0 Å². The molecule has 0 rings (SSSR count). The molecule has 0 saturated carbocycles. The minimum absolute atomic E-state index is 0.282. The van der Waals surface area contributed by atoms with Gasteiger partial charge in [0.2, 0.25) is 0 Å². The third-order valence-corrected chi connectivity index (χ3v) is 5.68. The van der Waals surface area contributed by atoms with E-state index in [1.807, 2.05) is 0 Å². The van der Waals surface area contributed by atoms with Gasteiger partial charge in [0, 0.05) is 0 Å². The Bertz CT molecular complexity index is 678. The standard InChI is InChI=1S/C30H50O2/c1-24(2)14-9-16-26(5)18-11-19-28(7)21-13-23-30(32-31)29(8)22-12-20-27(6)17-10-15-25(3)4/h14-15,18,20-21,30-31H,8-13,16-17,19,22-23H2,1-7H3/b26-18+,27-20+,28-21+. The highest BCUT2D eigenvalue weighted by molar-refractivity contribution is 5.09. The first kappa shape index (κ1) is 30.4. The average molecular weight is 443 g/mol. The molecular formula is C30H50O2. The Hall–Kier alpha value is -1.64. The first-order chi connectivity index (χ1) is 15.1. The molecule has 0 aromatic carbocycles. The molecule has 1 atom stereocenters. The van der Waals surface area contributed by atoms with E-state index in [9.17, 15) is 5.26 Å². The molecular weight excluding hydrogens is 392 g/mol. The summed E-state index contributed by atoms with van der Waals surface area (Å²) in [6.45, 7) is 19.4. The van der Waals surface area contributed by atoms with Crippen molar-refractivity contribution in [1.82, 2.24) is 0 Å². The Morgan fingerprint density at radius 1 is 0.625 bits per heavy atom. The van der Waals surface area contributed by atoms with E-state index < -0.39 is 0 Å². The molecule has 0 aromatic rings. The monoisotopic (exact) mass is 442 g/mol. The summed E-state index contributed by atoms with van der Waals surface area (Å²) in [6.07, 6.45) is 21.4. The molecule has 0 bridgehead atoms. The van der Waals surface area contributed by atoms with Gasteiger partial charge in [-0.3, -0.25) is 5.26 Å². The summed E-state index contributed by atoms with van der Waals surface area (Å²) >= 11 is 0. The van der Waals surface area contributed by atoms with Crippen LogP contribution in [0, 0.1) is 0 Å². The molecule has 0 amide bonds. The highest BCUT2D eigenvalue weighted by Crippen LogP contribution is 2.19. The third kappa shape index (κ3) is 18.0. The van der Waals surface area contributed by atoms with E-state index in [2.05, 4.69) is 85.4 Å². The Morgan fingerprint density at radius 2 is 1.00 bits per heavy atom. The molecule has 0 heterocycles. The number of rotatable bonds is 17. The van der Waals surface area contributed by atoms with Gasteiger partial charge in [-0.25, -0.2) is 4.89 Å². The van der Waals surface area contributed by atoms with Gasteiger partial charge in [0.05, 0.1) is 0 Å². The van der Waals surface area contributed by atoms with Crippen molar-refractivity contribution in [2.45, 2.75) is 119 Å². The van der Waals surface area contributed by atoms with E-state index in [-0.39, 0.29) is 6.10 Å². The highest BCUT2D eigenvalue weighted by atomic mass is 17.1. The van der Waals surface area contributed by atoms with Crippen molar-refractivity contribution < 1.29 is 10.1 Å². The van der Waals surface area contributed by atoms with Gasteiger partial charge in [-0.2, -0.15) is 0 Å². The van der Waals surface area contributed by atoms with E-state index >= 15 is 0 Å². The van der Waals surface area contributed by atoms with Crippen LogP contribution in [0.25, 0.3) is 0 Å². The van der Waals surface area contributed by atoms with Crippen molar-refractivity contribution in [3.63, 3.8) is 0 Å². The zero-order valence-electron chi connectivity index (χ0n) is 22.1. The van der Waals surface area contributed by atoms with Crippen LogP contribution in [0.3, 0.4) is 0 Å². The van der Waals surface area contributed by atoms with Gasteiger partial charge in [-0.05, 0) is 118 Å². The molecule has 1 unspecified atom stereocenters. The van der Waals surface area contributed by atoms with Crippen molar-refractivity contribution in [3.8, 4) is 0 Å². The fourth-order valence-corrected chi connectivity index (χ4v) is 3.51. The Kier molecular flexibility index (Phi) is 17.9. The molecule has 0 aliphatic carbocycles. The summed E-state index contributed by atoms with van der Waals surface area (Å²) in [5, 5.41) is 9.33. The summed E-state index contributed by atoms with van der Waals surface area (Å²) in [6, 6.07) is 0. The molecule has 0 spiro atoms. The molecule has 0 aliphatic rings.